The fraction of sp³-hybridized carbons (Fsp3) is 0.800. The third-order valence-corrected chi connectivity index (χ3v) is 1.02. The third-order valence-electron chi connectivity index (χ3n) is 1.02. The quantitative estimate of drug-likeness (QED) is 0.319. The molecule has 0 heterocycles. The Morgan fingerprint density at radius 2 is 2.20 bits per heavy atom. The molecule has 0 aliphatic heterocycles. The molecule has 10 heavy (non-hydrogen) atoms. The average Bonchev–Trinajstić information content (AvgIpc) is 1.87. The number of rotatable bonds is 2. The molecule has 0 saturated carbocycles. The summed E-state index contributed by atoms with van der Waals surface area (Å²) in [5.74, 6) is -0.183. The van der Waals surface area contributed by atoms with Crippen LogP contribution in [0, 0.1) is 0 Å². The summed E-state index contributed by atoms with van der Waals surface area (Å²) >= 11 is 0. The first-order valence-electron chi connectivity index (χ1n) is 2.85. The topological polar surface area (TPSA) is 69.1 Å². The zero-order chi connectivity index (χ0) is 8.15. The summed E-state index contributed by atoms with van der Waals surface area (Å²) in [6.07, 6.45) is 0. The molecule has 5 heteroatoms. The summed E-state index contributed by atoms with van der Waals surface area (Å²) in [7, 11) is 3.23. The summed E-state index contributed by atoms with van der Waals surface area (Å²) in [5.41, 5.74) is 7.95. The SMILES string of the molecule is C[C@H](N=[N+]=[N-])C(=O)N(C)C. The largest absolute Gasteiger partial charge is 0.348 e. The van der Waals surface area contributed by atoms with Gasteiger partial charge >= 0.3 is 0 Å². The molecule has 56 valence electrons. The van der Waals surface area contributed by atoms with Crippen LogP contribution in [0.25, 0.3) is 10.4 Å². The Kier molecular flexibility index (Phi) is 3.28. The van der Waals surface area contributed by atoms with Gasteiger partial charge in [-0.1, -0.05) is 5.11 Å². The number of hydrogen-bond acceptors (Lipinski definition) is 2. The summed E-state index contributed by atoms with van der Waals surface area (Å²) in [5, 5.41) is 3.24. The van der Waals surface area contributed by atoms with E-state index in [0.29, 0.717) is 0 Å². The molecule has 0 aromatic heterocycles. The van der Waals surface area contributed by atoms with E-state index < -0.39 is 6.04 Å². The van der Waals surface area contributed by atoms with E-state index in [2.05, 4.69) is 10.0 Å². The van der Waals surface area contributed by atoms with Crippen molar-refractivity contribution in [1.82, 2.24) is 4.90 Å². The second kappa shape index (κ2) is 3.74. The molecule has 1 amide bonds. The number of amides is 1. The maximum absolute atomic E-state index is 10.9. The van der Waals surface area contributed by atoms with Crippen LogP contribution in [0.2, 0.25) is 0 Å². The highest BCUT2D eigenvalue weighted by Gasteiger charge is 2.11. The van der Waals surface area contributed by atoms with Gasteiger partial charge in [0.05, 0.1) is 0 Å². The van der Waals surface area contributed by atoms with Gasteiger partial charge in [0, 0.05) is 19.0 Å². The number of carbonyl (C=O) groups is 1. The van der Waals surface area contributed by atoms with Crippen molar-refractivity contribution in [1.29, 1.82) is 0 Å². The highest BCUT2D eigenvalue weighted by atomic mass is 16.2. The second-order valence-electron chi connectivity index (χ2n) is 2.11. The van der Waals surface area contributed by atoms with Crippen LogP contribution in [0.5, 0.6) is 0 Å². The number of carbonyl (C=O) groups excluding carboxylic acids is 1. The van der Waals surface area contributed by atoms with E-state index in [-0.39, 0.29) is 5.91 Å². The van der Waals surface area contributed by atoms with Crippen molar-refractivity contribution in [3.63, 3.8) is 0 Å². The molecule has 0 aliphatic carbocycles. The van der Waals surface area contributed by atoms with Gasteiger partial charge in [-0.2, -0.15) is 0 Å². The standard InChI is InChI=1S/C5H10N4O/c1-4(7-8-6)5(10)9(2)3/h4H,1-3H3/t4-/m0/s1. The number of hydrogen-bond donors (Lipinski definition) is 0. The first-order valence-corrected chi connectivity index (χ1v) is 2.85. The van der Waals surface area contributed by atoms with E-state index in [1.54, 1.807) is 21.0 Å². The minimum Gasteiger partial charge on any atom is -0.348 e. The lowest BCUT2D eigenvalue weighted by Gasteiger charge is -2.11. The van der Waals surface area contributed by atoms with E-state index in [9.17, 15) is 4.79 Å². The van der Waals surface area contributed by atoms with Crippen LogP contribution < -0.4 is 0 Å². The lowest BCUT2D eigenvalue weighted by atomic mass is 10.3. The van der Waals surface area contributed by atoms with Gasteiger partial charge in [-0.3, -0.25) is 4.79 Å². The normalized spacial score (nSPS) is 11.5. The minimum atomic E-state index is -0.597. The Morgan fingerprint density at radius 1 is 1.70 bits per heavy atom. The molecule has 0 unspecified atom stereocenters. The van der Waals surface area contributed by atoms with Crippen LogP contribution in [-0.2, 0) is 4.79 Å². The molecular formula is C5H10N4O. The van der Waals surface area contributed by atoms with Gasteiger partial charge in [0.2, 0.25) is 5.91 Å². The average molecular weight is 142 g/mol. The number of likely N-dealkylation sites (N-methyl/N-ethyl adjacent to an activating group) is 1. The van der Waals surface area contributed by atoms with Crippen molar-refractivity contribution in [2.24, 2.45) is 5.11 Å². The molecule has 0 radical (unpaired) electrons. The Bertz CT molecular complexity index is 170. The predicted octanol–water partition coefficient (Wildman–Crippen LogP) is 0.773. The third kappa shape index (κ3) is 2.37. The number of azide groups is 1. The van der Waals surface area contributed by atoms with Crippen molar-refractivity contribution in [3.8, 4) is 0 Å². The molecular weight excluding hydrogens is 132 g/mol. The molecule has 5 nitrogen and oxygen atoms in total. The van der Waals surface area contributed by atoms with E-state index >= 15 is 0 Å². The van der Waals surface area contributed by atoms with Crippen molar-refractivity contribution >= 4 is 5.91 Å². The van der Waals surface area contributed by atoms with E-state index in [4.69, 9.17) is 5.53 Å². The van der Waals surface area contributed by atoms with Crippen LogP contribution in [0.4, 0.5) is 0 Å². The maximum atomic E-state index is 10.9. The van der Waals surface area contributed by atoms with Gasteiger partial charge in [-0.05, 0) is 12.5 Å². The van der Waals surface area contributed by atoms with Gasteiger partial charge in [0.15, 0.2) is 0 Å². The molecule has 0 saturated heterocycles. The Balaban J connectivity index is 4.07. The van der Waals surface area contributed by atoms with Crippen LogP contribution in [-0.4, -0.2) is 30.9 Å². The monoisotopic (exact) mass is 142 g/mol. The van der Waals surface area contributed by atoms with Crippen LogP contribution in [0.15, 0.2) is 5.11 Å². The first-order chi connectivity index (χ1) is 4.59. The minimum absolute atomic E-state index is 0.183. The van der Waals surface area contributed by atoms with E-state index in [1.165, 1.54) is 4.90 Å². The van der Waals surface area contributed by atoms with Crippen LogP contribution in [0.3, 0.4) is 0 Å². The fourth-order valence-corrected chi connectivity index (χ4v) is 0.501. The summed E-state index contributed by atoms with van der Waals surface area (Å²) in [6.45, 7) is 1.56. The Morgan fingerprint density at radius 3 is 2.50 bits per heavy atom. The molecule has 0 rings (SSSR count). The van der Waals surface area contributed by atoms with E-state index in [0.717, 1.165) is 0 Å². The first kappa shape index (κ1) is 8.78. The van der Waals surface area contributed by atoms with Crippen molar-refractivity contribution < 1.29 is 4.79 Å². The molecule has 0 N–H and O–H groups in total. The Hall–Kier alpha value is -1.22. The highest BCUT2D eigenvalue weighted by Crippen LogP contribution is 1.93. The summed E-state index contributed by atoms with van der Waals surface area (Å²) in [6, 6.07) is -0.597. The van der Waals surface area contributed by atoms with Gasteiger partial charge in [-0.25, -0.2) is 0 Å². The van der Waals surface area contributed by atoms with Crippen molar-refractivity contribution in [2.75, 3.05) is 14.1 Å². The smallest absolute Gasteiger partial charge is 0.230 e. The fourth-order valence-electron chi connectivity index (χ4n) is 0.501. The van der Waals surface area contributed by atoms with Gasteiger partial charge in [-0.15, -0.1) is 0 Å². The van der Waals surface area contributed by atoms with Crippen molar-refractivity contribution in [3.05, 3.63) is 10.4 Å². The molecule has 0 fully saturated rings. The van der Waals surface area contributed by atoms with Gasteiger partial charge in [0.1, 0.15) is 6.04 Å². The molecule has 0 aromatic carbocycles. The predicted molar refractivity (Wildman–Crippen MR) is 37.3 cm³/mol. The molecule has 0 aromatic rings. The second-order valence-corrected chi connectivity index (χ2v) is 2.11. The molecule has 0 bridgehead atoms. The van der Waals surface area contributed by atoms with E-state index in [1.807, 2.05) is 0 Å². The summed E-state index contributed by atoms with van der Waals surface area (Å²) < 4.78 is 0. The summed E-state index contributed by atoms with van der Waals surface area (Å²) in [4.78, 5) is 14.8. The molecule has 1 atom stereocenters. The lowest BCUT2D eigenvalue weighted by Crippen LogP contribution is -2.29. The zero-order valence-corrected chi connectivity index (χ0v) is 6.27. The highest BCUT2D eigenvalue weighted by molar-refractivity contribution is 5.80. The number of nitrogens with zero attached hydrogens (tertiary/aromatic N) is 4. The van der Waals surface area contributed by atoms with Gasteiger partial charge < -0.3 is 4.90 Å². The maximum Gasteiger partial charge on any atom is 0.230 e. The molecule has 0 aliphatic rings. The van der Waals surface area contributed by atoms with Crippen LogP contribution >= 0.6 is 0 Å². The molecule has 0 spiro atoms. The lowest BCUT2D eigenvalue weighted by molar-refractivity contribution is -0.129. The van der Waals surface area contributed by atoms with Crippen molar-refractivity contribution in [2.45, 2.75) is 13.0 Å². The zero-order valence-electron chi connectivity index (χ0n) is 6.27. The Labute approximate surface area is 59.3 Å². The van der Waals surface area contributed by atoms with Gasteiger partial charge in [0.25, 0.3) is 0 Å². The van der Waals surface area contributed by atoms with Crippen LogP contribution in [0.1, 0.15) is 6.92 Å².